The van der Waals surface area contributed by atoms with Crippen molar-refractivity contribution in [2.75, 3.05) is 11.1 Å². The fourth-order valence-corrected chi connectivity index (χ4v) is 2.36. The number of aromatic nitrogens is 2. The lowest BCUT2D eigenvalue weighted by Gasteiger charge is -2.14. The van der Waals surface area contributed by atoms with Crippen molar-refractivity contribution in [3.63, 3.8) is 0 Å². The van der Waals surface area contributed by atoms with Gasteiger partial charge in [0.1, 0.15) is 5.82 Å². The Balaban J connectivity index is 2.23. The Morgan fingerprint density at radius 2 is 1.90 bits per heavy atom. The van der Waals surface area contributed by atoms with Gasteiger partial charge < -0.3 is 11.1 Å². The van der Waals surface area contributed by atoms with Crippen LogP contribution in [0.15, 0.2) is 24.3 Å². The van der Waals surface area contributed by atoms with E-state index >= 15 is 0 Å². The molecule has 20 heavy (non-hydrogen) atoms. The molecule has 0 aliphatic rings. The van der Waals surface area contributed by atoms with Gasteiger partial charge in [0.15, 0.2) is 0 Å². The number of hydrogen-bond donors (Lipinski definition) is 2. The van der Waals surface area contributed by atoms with Crippen LogP contribution in [0.4, 0.5) is 11.5 Å². The van der Waals surface area contributed by atoms with E-state index in [-0.39, 0.29) is 6.04 Å². The van der Waals surface area contributed by atoms with Gasteiger partial charge in [0.2, 0.25) is 0 Å². The molecule has 0 saturated heterocycles. The normalized spacial score (nSPS) is 11.1. The molecule has 108 valence electrons. The van der Waals surface area contributed by atoms with Crippen molar-refractivity contribution in [1.29, 1.82) is 0 Å². The van der Waals surface area contributed by atoms with E-state index in [1.54, 1.807) is 0 Å². The monoisotopic (exact) mass is 272 g/mol. The van der Waals surface area contributed by atoms with Crippen molar-refractivity contribution >= 4 is 11.5 Å². The minimum absolute atomic E-state index is 0.287. The molecule has 2 rings (SSSR count). The molecule has 1 aromatic heterocycles. The molecule has 0 fully saturated rings. The van der Waals surface area contributed by atoms with Gasteiger partial charge in [0.25, 0.3) is 0 Å². The van der Waals surface area contributed by atoms with Crippen molar-refractivity contribution < 1.29 is 0 Å². The van der Waals surface area contributed by atoms with E-state index in [0.29, 0.717) is 0 Å². The number of hydrogen-bond acceptors (Lipinski definition) is 3. The predicted molar refractivity (Wildman–Crippen MR) is 84.9 cm³/mol. The average molecular weight is 272 g/mol. The summed E-state index contributed by atoms with van der Waals surface area (Å²) in [6.45, 7) is 9.11. The molecule has 0 saturated carbocycles. The van der Waals surface area contributed by atoms with Crippen LogP contribution >= 0.6 is 0 Å². The van der Waals surface area contributed by atoms with Gasteiger partial charge in [0.05, 0.1) is 11.4 Å². The van der Waals surface area contributed by atoms with Crippen molar-refractivity contribution in [1.82, 2.24) is 9.78 Å². The third-order valence-corrected chi connectivity index (χ3v) is 3.57. The highest BCUT2D eigenvalue weighted by Crippen LogP contribution is 2.26. The van der Waals surface area contributed by atoms with E-state index < -0.39 is 0 Å². The third-order valence-electron chi connectivity index (χ3n) is 3.57. The number of nitrogens with zero attached hydrogens (tertiary/aromatic N) is 2. The van der Waals surface area contributed by atoms with Crippen LogP contribution in [0.3, 0.4) is 0 Å². The van der Waals surface area contributed by atoms with Crippen LogP contribution in [0.5, 0.6) is 0 Å². The first-order valence-electron chi connectivity index (χ1n) is 7.19. The fraction of sp³-hybridized carbons (Fsp3) is 0.438. The molecule has 1 aromatic carbocycles. The van der Waals surface area contributed by atoms with E-state index in [0.717, 1.165) is 30.2 Å². The van der Waals surface area contributed by atoms with Gasteiger partial charge >= 0.3 is 0 Å². The Morgan fingerprint density at radius 3 is 2.50 bits per heavy atom. The Hall–Kier alpha value is -1.97. The second-order valence-corrected chi connectivity index (χ2v) is 5.36. The summed E-state index contributed by atoms with van der Waals surface area (Å²) in [7, 11) is 0. The SMILES string of the molecule is CCc1ccccc1CNc1c(N)c(C)nn1C(C)C. The number of aryl methyl sites for hydroxylation is 2. The number of nitrogens with two attached hydrogens (primary N) is 1. The minimum Gasteiger partial charge on any atom is -0.394 e. The quantitative estimate of drug-likeness (QED) is 0.875. The summed E-state index contributed by atoms with van der Waals surface area (Å²) in [6, 6.07) is 8.77. The van der Waals surface area contributed by atoms with Crippen molar-refractivity contribution in [2.45, 2.75) is 46.7 Å². The van der Waals surface area contributed by atoms with Crippen molar-refractivity contribution in [2.24, 2.45) is 0 Å². The highest BCUT2D eigenvalue weighted by molar-refractivity contribution is 5.65. The molecule has 0 aliphatic carbocycles. The van der Waals surface area contributed by atoms with Crippen LogP contribution in [-0.2, 0) is 13.0 Å². The highest BCUT2D eigenvalue weighted by atomic mass is 15.4. The summed E-state index contributed by atoms with van der Waals surface area (Å²) in [5.41, 5.74) is 10.4. The first-order valence-corrected chi connectivity index (χ1v) is 7.19. The smallest absolute Gasteiger partial charge is 0.148 e. The molecule has 0 unspecified atom stereocenters. The van der Waals surface area contributed by atoms with Crippen molar-refractivity contribution in [3.05, 3.63) is 41.1 Å². The fourth-order valence-electron chi connectivity index (χ4n) is 2.36. The molecule has 0 amide bonds. The maximum atomic E-state index is 6.13. The van der Waals surface area contributed by atoms with Gasteiger partial charge in [0, 0.05) is 12.6 Å². The molecule has 4 heteroatoms. The molecule has 2 aromatic rings. The number of nitrogen functional groups attached to an aromatic ring is 1. The molecule has 0 bridgehead atoms. The van der Waals surface area contributed by atoms with E-state index in [9.17, 15) is 0 Å². The maximum Gasteiger partial charge on any atom is 0.148 e. The van der Waals surface area contributed by atoms with E-state index in [1.165, 1.54) is 11.1 Å². The van der Waals surface area contributed by atoms with E-state index in [1.807, 2.05) is 11.6 Å². The van der Waals surface area contributed by atoms with E-state index in [4.69, 9.17) is 5.73 Å². The summed E-state index contributed by atoms with van der Waals surface area (Å²) in [4.78, 5) is 0. The number of anilines is 2. The standard InChI is InChI=1S/C16H24N4/c1-5-13-8-6-7-9-14(13)10-18-16-15(17)12(4)19-20(16)11(2)3/h6-9,11,18H,5,10,17H2,1-4H3. The Morgan fingerprint density at radius 1 is 1.25 bits per heavy atom. The summed E-state index contributed by atoms with van der Waals surface area (Å²) in [6.07, 6.45) is 1.04. The maximum absolute atomic E-state index is 6.13. The summed E-state index contributed by atoms with van der Waals surface area (Å²) in [5.74, 6) is 0.920. The Bertz CT molecular complexity index is 584. The molecule has 0 spiro atoms. The van der Waals surface area contributed by atoms with Crippen LogP contribution in [0.2, 0.25) is 0 Å². The largest absolute Gasteiger partial charge is 0.394 e. The first kappa shape index (κ1) is 14.4. The zero-order valence-corrected chi connectivity index (χ0v) is 12.8. The highest BCUT2D eigenvalue weighted by Gasteiger charge is 2.14. The van der Waals surface area contributed by atoms with Gasteiger partial charge in [-0.25, -0.2) is 4.68 Å². The lowest BCUT2D eigenvalue weighted by molar-refractivity contribution is 0.534. The summed E-state index contributed by atoms with van der Waals surface area (Å²) in [5, 5.41) is 7.94. The average Bonchev–Trinajstić information content (AvgIpc) is 2.73. The van der Waals surface area contributed by atoms with Gasteiger partial charge in [-0.15, -0.1) is 0 Å². The number of nitrogens with one attached hydrogen (secondary N) is 1. The van der Waals surface area contributed by atoms with Crippen LogP contribution in [-0.4, -0.2) is 9.78 Å². The third kappa shape index (κ3) is 2.79. The Labute approximate surface area is 121 Å². The number of benzene rings is 1. The van der Waals surface area contributed by atoms with Gasteiger partial charge in [-0.1, -0.05) is 31.2 Å². The molecule has 1 heterocycles. The first-order chi connectivity index (χ1) is 9.54. The second kappa shape index (κ2) is 5.99. The van der Waals surface area contributed by atoms with Crippen LogP contribution < -0.4 is 11.1 Å². The van der Waals surface area contributed by atoms with Crippen LogP contribution in [0.1, 0.15) is 43.6 Å². The second-order valence-electron chi connectivity index (χ2n) is 5.36. The van der Waals surface area contributed by atoms with Crippen LogP contribution in [0.25, 0.3) is 0 Å². The molecular formula is C16H24N4. The summed E-state index contributed by atoms with van der Waals surface area (Å²) < 4.78 is 1.96. The molecule has 3 N–H and O–H groups in total. The summed E-state index contributed by atoms with van der Waals surface area (Å²) >= 11 is 0. The number of rotatable bonds is 5. The van der Waals surface area contributed by atoms with Gasteiger partial charge in [-0.2, -0.15) is 5.10 Å². The minimum atomic E-state index is 0.287. The molecule has 0 aliphatic heterocycles. The zero-order chi connectivity index (χ0) is 14.7. The van der Waals surface area contributed by atoms with Gasteiger partial charge in [-0.05, 0) is 38.3 Å². The Kier molecular flexibility index (Phi) is 4.32. The topological polar surface area (TPSA) is 55.9 Å². The van der Waals surface area contributed by atoms with Crippen LogP contribution in [0, 0.1) is 6.92 Å². The van der Waals surface area contributed by atoms with E-state index in [2.05, 4.69) is 55.5 Å². The lowest BCUT2D eigenvalue weighted by atomic mass is 10.1. The van der Waals surface area contributed by atoms with Crippen molar-refractivity contribution in [3.8, 4) is 0 Å². The molecule has 0 radical (unpaired) electrons. The molecule has 4 nitrogen and oxygen atoms in total. The molecule has 0 atom stereocenters. The lowest BCUT2D eigenvalue weighted by Crippen LogP contribution is -2.11. The molecular weight excluding hydrogens is 248 g/mol. The van der Waals surface area contributed by atoms with Gasteiger partial charge in [-0.3, -0.25) is 0 Å². The zero-order valence-electron chi connectivity index (χ0n) is 12.8. The predicted octanol–water partition coefficient (Wildman–Crippen LogP) is 3.53.